The topological polar surface area (TPSA) is 143 Å². The number of esters is 2. The first-order valence-corrected chi connectivity index (χ1v) is 13.6. The van der Waals surface area contributed by atoms with E-state index >= 15 is 0 Å². The number of sulfonamides is 1. The van der Waals surface area contributed by atoms with Gasteiger partial charge in [0.1, 0.15) is 5.75 Å². The maximum atomic E-state index is 12.3. The van der Waals surface area contributed by atoms with Crippen molar-refractivity contribution >= 4 is 22.0 Å². The van der Waals surface area contributed by atoms with Crippen LogP contribution in [0.2, 0.25) is 0 Å². The third-order valence-electron chi connectivity index (χ3n) is 5.56. The average Bonchev–Trinajstić information content (AvgIpc) is 3.36. The van der Waals surface area contributed by atoms with E-state index in [0.29, 0.717) is 18.8 Å². The van der Waals surface area contributed by atoms with Crippen molar-refractivity contribution in [2.24, 2.45) is 5.73 Å². The molecule has 0 saturated carbocycles. The molecule has 39 heavy (non-hydrogen) atoms. The second-order valence-electron chi connectivity index (χ2n) is 8.65. The molecule has 3 N–H and O–H groups in total. The fraction of sp³-hybridized carbons (Fsp3) is 0.179. The second kappa shape index (κ2) is 13.0. The molecule has 10 nitrogen and oxygen atoms in total. The average molecular weight is 549 g/mol. The maximum Gasteiger partial charge on any atom is 0.345 e. The SMILES string of the molecule is N[C@H](CC(=O)OC(=O)c1ccc(OCCc2cn(Cc3ccccc3)cn2)cc1)NS(=O)(=O)c1ccccc1. The number of nitrogens with two attached hydrogens (primary N) is 1. The summed E-state index contributed by atoms with van der Waals surface area (Å²) in [6.45, 7) is 1.13. The molecule has 1 aromatic heterocycles. The summed E-state index contributed by atoms with van der Waals surface area (Å²) >= 11 is 0. The van der Waals surface area contributed by atoms with E-state index in [-0.39, 0.29) is 10.5 Å². The minimum atomic E-state index is -3.91. The Morgan fingerprint density at radius 2 is 1.62 bits per heavy atom. The van der Waals surface area contributed by atoms with Crippen molar-refractivity contribution in [3.63, 3.8) is 0 Å². The van der Waals surface area contributed by atoms with Gasteiger partial charge in [0.15, 0.2) is 0 Å². The Balaban J connectivity index is 1.20. The van der Waals surface area contributed by atoms with Crippen LogP contribution in [0.1, 0.15) is 28.0 Å². The number of ether oxygens (including phenoxy) is 2. The lowest BCUT2D eigenvalue weighted by Gasteiger charge is -2.13. The molecule has 0 unspecified atom stereocenters. The van der Waals surface area contributed by atoms with E-state index in [2.05, 4.69) is 21.8 Å². The number of imidazole rings is 1. The molecule has 11 heteroatoms. The first kappa shape index (κ1) is 27.7. The van der Waals surface area contributed by atoms with Crippen molar-refractivity contribution in [3.05, 3.63) is 114 Å². The normalized spacial score (nSPS) is 12.0. The Hall–Kier alpha value is -4.32. The minimum Gasteiger partial charge on any atom is -0.493 e. The first-order chi connectivity index (χ1) is 18.8. The van der Waals surface area contributed by atoms with Crippen LogP contribution in [0, 0.1) is 0 Å². The molecule has 202 valence electrons. The van der Waals surface area contributed by atoms with Crippen LogP contribution in [0.3, 0.4) is 0 Å². The third-order valence-corrected chi connectivity index (χ3v) is 7.07. The van der Waals surface area contributed by atoms with Crippen LogP contribution in [0.25, 0.3) is 0 Å². The van der Waals surface area contributed by atoms with E-state index in [4.69, 9.17) is 15.2 Å². The van der Waals surface area contributed by atoms with Gasteiger partial charge in [0.05, 0.1) is 41.7 Å². The second-order valence-corrected chi connectivity index (χ2v) is 10.4. The number of nitrogens with one attached hydrogen (secondary N) is 1. The largest absolute Gasteiger partial charge is 0.493 e. The summed E-state index contributed by atoms with van der Waals surface area (Å²) in [5, 5.41) is 0. The molecule has 3 aromatic carbocycles. The van der Waals surface area contributed by atoms with E-state index in [9.17, 15) is 18.0 Å². The summed E-state index contributed by atoms with van der Waals surface area (Å²) < 4.78 is 39.3. The van der Waals surface area contributed by atoms with Gasteiger partial charge in [-0.25, -0.2) is 18.2 Å². The Bertz CT molecular complexity index is 1490. The fourth-order valence-corrected chi connectivity index (χ4v) is 4.80. The minimum absolute atomic E-state index is 0.00456. The predicted molar refractivity (Wildman–Crippen MR) is 143 cm³/mol. The lowest BCUT2D eigenvalue weighted by atomic mass is 10.2. The lowest BCUT2D eigenvalue weighted by molar-refractivity contribution is -0.138. The highest BCUT2D eigenvalue weighted by Gasteiger charge is 2.21. The molecule has 0 spiro atoms. The van der Waals surface area contributed by atoms with E-state index in [1.807, 2.05) is 29.0 Å². The zero-order valence-corrected chi connectivity index (χ0v) is 21.8. The van der Waals surface area contributed by atoms with Gasteiger partial charge in [-0.2, -0.15) is 4.72 Å². The number of carbonyl (C=O) groups excluding carboxylic acids is 2. The van der Waals surface area contributed by atoms with Gasteiger partial charge in [0, 0.05) is 19.2 Å². The van der Waals surface area contributed by atoms with Crippen LogP contribution in [0.4, 0.5) is 0 Å². The molecule has 0 radical (unpaired) electrons. The number of hydrogen-bond donors (Lipinski definition) is 2. The number of nitrogens with zero attached hydrogens (tertiary/aromatic N) is 2. The highest BCUT2D eigenvalue weighted by Crippen LogP contribution is 2.14. The van der Waals surface area contributed by atoms with Gasteiger partial charge in [0.2, 0.25) is 10.0 Å². The first-order valence-electron chi connectivity index (χ1n) is 12.1. The van der Waals surface area contributed by atoms with E-state index in [0.717, 1.165) is 12.2 Å². The zero-order valence-electron chi connectivity index (χ0n) is 21.0. The van der Waals surface area contributed by atoms with Crippen molar-refractivity contribution in [2.75, 3.05) is 6.61 Å². The number of carbonyl (C=O) groups is 2. The maximum absolute atomic E-state index is 12.3. The smallest absolute Gasteiger partial charge is 0.345 e. The van der Waals surface area contributed by atoms with Crippen molar-refractivity contribution < 1.29 is 27.5 Å². The molecule has 0 aliphatic carbocycles. The number of rotatable bonds is 12. The predicted octanol–water partition coefficient (Wildman–Crippen LogP) is 2.89. The zero-order chi connectivity index (χ0) is 27.7. The van der Waals surface area contributed by atoms with Crippen molar-refractivity contribution in [2.45, 2.75) is 30.4 Å². The monoisotopic (exact) mass is 548 g/mol. The molecule has 1 atom stereocenters. The molecule has 0 aliphatic heterocycles. The van der Waals surface area contributed by atoms with Crippen molar-refractivity contribution in [1.29, 1.82) is 0 Å². The molecular weight excluding hydrogens is 520 g/mol. The molecule has 0 amide bonds. The summed E-state index contributed by atoms with van der Waals surface area (Å²) in [6.07, 6.45) is 2.57. The van der Waals surface area contributed by atoms with E-state index in [1.54, 1.807) is 36.7 Å². The fourth-order valence-electron chi connectivity index (χ4n) is 3.67. The van der Waals surface area contributed by atoms with Crippen LogP contribution >= 0.6 is 0 Å². The molecule has 0 aliphatic rings. The molecular formula is C28H28N4O6S. The van der Waals surface area contributed by atoms with Gasteiger partial charge < -0.3 is 19.8 Å². The third kappa shape index (κ3) is 8.34. The van der Waals surface area contributed by atoms with E-state index < -0.39 is 34.5 Å². The molecule has 0 bridgehead atoms. The Kier molecular flexibility index (Phi) is 9.21. The van der Waals surface area contributed by atoms with Gasteiger partial charge in [0.25, 0.3) is 0 Å². The lowest BCUT2D eigenvalue weighted by Crippen LogP contribution is -2.43. The van der Waals surface area contributed by atoms with Gasteiger partial charge in [-0.15, -0.1) is 0 Å². The molecule has 0 saturated heterocycles. The van der Waals surface area contributed by atoms with Crippen LogP contribution in [-0.2, 0) is 32.5 Å². The Labute approximate surface area is 226 Å². The molecule has 4 aromatic rings. The Morgan fingerprint density at radius 3 is 2.31 bits per heavy atom. The van der Waals surface area contributed by atoms with Gasteiger partial charge in [-0.3, -0.25) is 4.79 Å². The quantitative estimate of drug-likeness (QED) is 0.156. The van der Waals surface area contributed by atoms with Gasteiger partial charge in [-0.05, 0) is 42.0 Å². The van der Waals surface area contributed by atoms with Crippen LogP contribution < -0.4 is 15.2 Å². The summed E-state index contributed by atoms with van der Waals surface area (Å²) in [5.41, 5.74) is 7.95. The Morgan fingerprint density at radius 1 is 0.949 bits per heavy atom. The van der Waals surface area contributed by atoms with Crippen molar-refractivity contribution in [3.8, 4) is 5.75 Å². The van der Waals surface area contributed by atoms with Crippen LogP contribution in [0.15, 0.2) is 102 Å². The number of hydrogen-bond acceptors (Lipinski definition) is 8. The highest BCUT2D eigenvalue weighted by atomic mass is 32.2. The van der Waals surface area contributed by atoms with Crippen LogP contribution in [0.5, 0.6) is 5.75 Å². The highest BCUT2D eigenvalue weighted by molar-refractivity contribution is 7.89. The molecule has 1 heterocycles. The number of aromatic nitrogens is 2. The molecule has 0 fully saturated rings. The summed E-state index contributed by atoms with van der Waals surface area (Å²) in [7, 11) is -3.91. The summed E-state index contributed by atoms with van der Waals surface area (Å²) in [4.78, 5) is 28.8. The van der Waals surface area contributed by atoms with Crippen LogP contribution in [-0.4, -0.2) is 42.7 Å². The van der Waals surface area contributed by atoms with Gasteiger partial charge in [-0.1, -0.05) is 48.5 Å². The summed E-state index contributed by atoms with van der Waals surface area (Å²) in [6, 6.07) is 23.8. The summed E-state index contributed by atoms with van der Waals surface area (Å²) in [5.74, 6) is -1.30. The van der Waals surface area contributed by atoms with Gasteiger partial charge >= 0.3 is 11.9 Å². The van der Waals surface area contributed by atoms with E-state index in [1.165, 1.54) is 29.8 Å². The standard InChI is InChI=1S/C28H28N4O6S/c29-26(31-39(35,36)25-9-5-2-6-10-25)17-27(33)38-28(34)22-11-13-24(14-12-22)37-16-15-23-19-32(20-30-23)18-21-7-3-1-4-8-21/h1-14,19-20,26,31H,15-18,29H2/t26-/m0/s1. The van der Waals surface area contributed by atoms with Crippen molar-refractivity contribution in [1.82, 2.24) is 14.3 Å². The molecule has 4 rings (SSSR count). The number of benzene rings is 3.